The van der Waals surface area contributed by atoms with Crippen molar-refractivity contribution in [2.45, 2.75) is 13.5 Å². The van der Waals surface area contributed by atoms with Gasteiger partial charge in [0, 0.05) is 12.7 Å². The van der Waals surface area contributed by atoms with Gasteiger partial charge >= 0.3 is 0 Å². The molecule has 2 heteroatoms. The molecule has 1 heterocycles. The first-order valence-corrected chi connectivity index (χ1v) is 3.39. The van der Waals surface area contributed by atoms with Gasteiger partial charge in [0.25, 0.3) is 0 Å². The van der Waals surface area contributed by atoms with Crippen LogP contribution in [0.15, 0.2) is 18.3 Å². The van der Waals surface area contributed by atoms with Crippen LogP contribution in [0.4, 0.5) is 0 Å². The summed E-state index contributed by atoms with van der Waals surface area (Å²) in [5.41, 5.74) is 2.30. The number of hydrogen-bond donors (Lipinski definition) is 1. The molecule has 10 heavy (non-hydrogen) atoms. The van der Waals surface area contributed by atoms with Gasteiger partial charge in [-0.15, -0.1) is 0 Å². The summed E-state index contributed by atoms with van der Waals surface area (Å²) in [6.45, 7) is 2.89. The van der Waals surface area contributed by atoms with Crippen molar-refractivity contribution in [1.82, 2.24) is 10.3 Å². The number of hydrogen-bond acceptors (Lipinski definition) is 2. The SMILES string of the molecule is CNCc1ccc(C)cn1. The molecule has 0 aliphatic carbocycles. The Labute approximate surface area is 61.3 Å². The fourth-order valence-corrected chi connectivity index (χ4v) is 0.784. The lowest BCUT2D eigenvalue weighted by molar-refractivity contribution is 0.790. The molecular formula is C8H12N2. The van der Waals surface area contributed by atoms with Crippen molar-refractivity contribution in [1.29, 1.82) is 0 Å². The number of rotatable bonds is 2. The molecule has 2 nitrogen and oxygen atoms in total. The van der Waals surface area contributed by atoms with E-state index in [1.807, 2.05) is 26.2 Å². The predicted molar refractivity (Wildman–Crippen MR) is 41.7 cm³/mol. The second-order valence-electron chi connectivity index (χ2n) is 2.36. The van der Waals surface area contributed by atoms with Gasteiger partial charge in [0.05, 0.1) is 5.69 Å². The highest BCUT2D eigenvalue weighted by molar-refractivity contribution is 5.11. The number of nitrogens with zero attached hydrogens (tertiary/aromatic N) is 1. The fraction of sp³-hybridized carbons (Fsp3) is 0.375. The van der Waals surface area contributed by atoms with Crippen molar-refractivity contribution in [2.75, 3.05) is 7.05 Å². The van der Waals surface area contributed by atoms with E-state index in [1.165, 1.54) is 5.56 Å². The summed E-state index contributed by atoms with van der Waals surface area (Å²) in [5, 5.41) is 3.04. The maximum absolute atomic E-state index is 4.21. The highest BCUT2D eigenvalue weighted by atomic mass is 14.8. The zero-order chi connectivity index (χ0) is 7.40. The molecule has 0 spiro atoms. The topological polar surface area (TPSA) is 24.9 Å². The first-order chi connectivity index (χ1) is 4.83. The molecule has 0 fully saturated rings. The van der Waals surface area contributed by atoms with Gasteiger partial charge < -0.3 is 5.32 Å². The van der Waals surface area contributed by atoms with Gasteiger partial charge in [-0.05, 0) is 25.6 Å². The van der Waals surface area contributed by atoms with E-state index in [9.17, 15) is 0 Å². The maximum atomic E-state index is 4.21. The molecule has 0 aromatic carbocycles. The molecule has 0 saturated carbocycles. The van der Waals surface area contributed by atoms with Gasteiger partial charge in [-0.25, -0.2) is 0 Å². The largest absolute Gasteiger partial charge is 0.314 e. The number of aromatic nitrogens is 1. The van der Waals surface area contributed by atoms with E-state index >= 15 is 0 Å². The molecule has 0 saturated heterocycles. The number of nitrogens with one attached hydrogen (secondary N) is 1. The molecule has 0 bridgehead atoms. The highest BCUT2D eigenvalue weighted by Gasteiger charge is 1.88. The van der Waals surface area contributed by atoms with Gasteiger partial charge in [0.15, 0.2) is 0 Å². The van der Waals surface area contributed by atoms with E-state index in [4.69, 9.17) is 0 Å². The molecule has 0 aliphatic heterocycles. The minimum absolute atomic E-state index is 0.848. The normalized spacial score (nSPS) is 9.80. The Morgan fingerprint density at radius 3 is 2.80 bits per heavy atom. The molecule has 0 atom stereocenters. The van der Waals surface area contributed by atoms with Crippen LogP contribution in [0, 0.1) is 6.92 Å². The van der Waals surface area contributed by atoms with E-state index in [-0.39, 0.29) is 0 Å². The van der Waals surface area contributed by atoms with Crippen LogP contribution in [0.5, 0.6) is 0 Å². The molecular weight excluding hydrogens is 124 g/mol. The van der Waals surface area contributed by atoms with Gasteiger partial charge in [0.2, 0.25) is 0 Å². The van der Waals surface area contributed by atoms with Crippen LogP contribution < -0.4 is 5.32 Å². The summed E-state index contributed by atoms with van der Waals surface area (Å²) in [6, 6.07) is 4.10. The summed E-state index contributed by atoms with van der Waals surface area (Å²) in [6.07, 6.45) is 1.88. The number of pyridine rings is 1. The summed E-state index contributed by atoms with van der Waals surface area (Å²) >= 11 is 0. The van der Waals surface area contributed by atoms with Crippen LogP contribution in [0.25, 0.3) is 0 Å². The van der Waals surface area contributed by atoms with Gasteiger partial charge in [0.1, 0.15) is 0 Å². The van der Waals surface area contributed by atoms with E-state index < -0.39 is 0 Å². The van der Waals surface area contributed by atoms with Crippen molar-refractivity contribution >= 4 is 0 Å². The third-order valence-corrected chi connectivity index (χ3v) is 1.33. The summed E-state index contributed by atoms with van der Waals surface area (Å²) in [4.78, 5) is 4.21. The molecule has 0 aliphatic rings. The smallest absolute Gasteiger partial charge is 0.0541 e. The van der Waals surface area contributed by atoms with E-state index in [1.54, 1.807) is 0 Å². The first kappa shape index (κ1) is 7.22. The lowest BCUT2D eigenvalue weighted by Gasteiger charge is -1.97. The molecule has 1 rings (SSSR count). The van der Waals surface area contributed by atoms with Crippen molar-refractivity contribution in [2.24, 2.45) is 0 Å². The summed E-state index contributed by atoms with van der Waals surface area (Å²) < 4.78 is 0. The van der Waals surface area contributed by atoms with Crippen LogP contribution in [0.2, 0.25) is 0 Å². The minimum atomic E-state index is 0.848. The Balaban J connectivity index is 2.69. The van der Waals surface area contributed by atoms with Crippen LogP contribution >= 0.6 is 0 Å². The monoisotopic (exact) mass is 136 g/mol. The van der Waals surface area contributed by atoms with Crippen LogP contribution in [-0.4, -0.2) is 12.0 Å². The number of aryl methyl sites for hydroxylation is 1. The van der Waals surface area contributed by atoms with Gasteiger partial charge in [-0.3, -0.25) is 4.98 Å². The Kier molecular flexibility index (Phi) is 2.40. The van der Waals surface area contributed by atoms with Crippen LogP contribution in [0.1, 0.15) is 11.3 Å². The standard InChI is InChI=1S/C8H12N2/c1-7-3-4-8(6-9-2)10-5-7/h3-5,9H,6H2,1-2H3. The lowest BCUT2D eigenvalue weighted by atomic mass is 10.3. The average molecular weight is 136 g/mol. The van der Waals surface area contributed by atoms with Crippen molar-refractivity contribution in [3.8, 4) is 0 Å². The Morgan fingerprint density at radius 2 is 2.30 bits per heavy atom. The van der Waals surface area contributed by atoms with Gasteiger partial charge in [-0.1, -0.05) is 6.07 Å². The third-order valence-electron chi connectivity index (χ3n) is 1.33. The van der Waals surface area contributed by atoms with E-state index in [0.29, 0.717) is 0 Å². The second-order valence-corrected chi connectivity index (χ2v) is 2.36. The van der Waals surface area contributed by atoms with Crippen molar-refractivity contribution in [3.63, 3.8) is 0 Å². The minimum Gasteiger partial charge on any atom is -0.314 e. The third kappa shape index (κ3) is 1.81. The molecule has 0 unspecified atom stereocenters. The van der Waals surface area contributed by atoms with E-state index in [0.717, 1.165) is 12.2 Å². The lowest BCUT2D eigenvalue weighted by Crippen LogP contribution is -2.06. The van der Waals surface area contributed by atoms with Gasteiger partial charge in [-0.2, -0.15) is 0 Å². The van der Waals surface area contributed by atoms with E-state index in [2.05, 4.69) is 16.4 Å². The Bertz CT molecular complexity index is 191. The molecule has 0 radical (unpaired) electrons. The van der Waals surface area contributed by atoms with Crippen molar-refractivity contribution in [3.05, 3.63) is 29.6 Å². The zero-order valence-electron chi connectivity index (χ0n) is 6.39. The second kappa shape index (κ2) is 3.32. The van der Waals surface area contributed by atoms with Crippen LogP contribution in [-0.2, 0) is 6.54 Å². The predicted octanol–water partition coefficient (Wildman–Crippen LogP) is 1.11. The Morgan fingerprint density at radius 1 is 1.50 bits per heavy atom. The highest BCUT2D eigenvalue weighted by Crippen LogP contribution is 1.96. The molecule has 1 aromatic rings. The van der Waals surface area contributed by atoms with Crippen LogP contribution in [0.3, 0.4) is 0 Å². The quantitative estimate of drug-likeness (QED) is 0.658. The average Bonchev–Trinajstić information content (AvgIpc) is 1.95. The molecule has 0 amide bonds. The fourth-order valence-electron chi connectivity index (χ4n) is 0.784. The Hall–Kier alpha value is -0.890. The molecule has 1 N–H and O–H groups in total. The van der Waals surface area contributed by atoms with Crippen molar-refractivity contribution < 1.29 is 0 Å². The first-order valence-electron chi connectivity index (χ1n) is 3.39. The molecule has 54 valence electrons. The maximum Gasteiger partial charge on any atom is 0.0541 e. The molecule has 1 aromatic heterocycles. The summed E-state index contributed by atoms with van der Waals surface area (Å²) in [5.74, 6) is 0. The summed E-state index contributed by atoms with van der Waals surface area (Å²) in [7, 11) is 1.92. The zero-order valence-corrected chi connectivity index (χ0v) is 6.39.